The van der Waals surface area contributed by atoms with Crippen molar-refractivity contribution < 1.29 is 19.1 Å². The van der Waals surface area contributed by atoms with Gasteiger partial charge in [-0.05, 0) is 73.2 Å². The Balaban J connectivity index is 1.41. The number of fused-ring (bicyclic) bond motifs is 4. The van der Waals surface area contributed by atoms with Crippen LogP contribution in [0.2, 0.25) is 0 Å². The molecule has 1 aromatic heterocycles. The Bertz CT molecular complexity index is 1590. The predicted molar refractivity (Wildman–Crippen MR) is 160 cm³/mol. The first kappa shape index (κ1) is 26.7. The highest BCUT2D eigenvalue weighted by Crippen LogP contribution is 2.57. The second kappa shape index (κ2) is 11.2. The van der Waals surface area contributed by atoms with E-state index in [1.807, 2.05) is 68.4 Å². The summed E-state index contributed by atoms with van der Waals surface area (Å²) in [6.07, 6.45) is 7.35. The summed E-state index contributed by atoms with van der Waals surface area (Å²) in [5.41, 5.74) is 4.60. The molecule has 4 aromatic rings. The zero-order valence-corrected chi connectivity index (χ0v) is 23.4. The predicted octanol–water partition coefficient (Wildman–Crippen LogP) is 7.85. The number of hydrogen-bond donors (Lipinski definition) is 0. The summed E-state index contributed by atoms with van der Waals surface area (Å²) in [5, 5.41) is 1.04. The molecule has 1 heterocycles. The molecule has 0 radical (unpaired) electrons. The number of ether oxygens (including phenoxy) is 2. The molecule has 0 fully saturated rings. The lowest BCUT2D eigenvalue weighted by Crippen LogP contribution is -2.36. The fourth-order valence-electron chi connectivity index (χ4n) is 6.33. The molecule has 0 saturated carbocycles. The van der Waals surface area contributed by atoms with Crippen LogP contribution in [0.1, 0.15) is 50.8 Å². The molecule has 0 N–H and O–H groups in total. The highest BCUT2D eigenvalue weighted by atomic mass is 16.5. The Morgan fingerprint density at radius 3 is 1.90 bits per heavy atom. The first-order chi connectivity index (χ1) is 19.9. The van der Waals surface area contributed by atoms with E-state index in [0.717, 1.165) is 46.1 Å². The van der Waals surface area contributed by atoms with Crippen molar-refractivity contribution in [2.75, 3.05) is 0 Å². The van der Waals surface area contributed by atoms with Crippen molar-refractivity contribution in [3.05, 3.63) is 120 Å². The molecular formula is C36H33NO4. The maximum Gasteiger partial charge on any atom is 0.314 e. The second-order valence-electron chi connectivity index (χ2n) is 11.2. The number of carbonyl (C=O) groups is 2. The lowest BCUT2D eigenvalue weighted by Gasteiger charge is -2.36. The van der Waals surface area contributed by atoms with Crippen molar-refractivity contribution in [3.8, 4) is 11.5 Å². The third kappa shape index (κ3) is 5.20. The van der Waals surface area contributed by atoms with E-state index >= 15 is 0 Å². The fraction of sp³-hybridized carbons (Fsp3) is 0.250. The molecule has 3 aromatic carbocycles. The molecule has 0 amide bonds. The van der Waals surface area contributed by atoms with Crippen LogP contribution in [0.3, 0.4) is 0 Å². The van der Waals surface area contributed by atoms with Crippen LogP contribution in [0.4, 0.5) is 0 Å². The van der Waals surface area contributed by atoms with Gasteiger partial charge in [0.15, 0.2) is 0 Å². The lowest BCUT2D eigenvalue weighted by atomic mass is 9.66. The van der Waals surface area contributed by atoms with E-state index in [1.54, 1.807) is 24.3 Å². The quantitative estimate of drug-likeness (QED) is 0.167. The summed E-state index contributed by atoms with van der Waals surface area (Å²) >= 11 is 0. The van der Waals surface area contributed by atoms with Crippen molar-refractivity contribution >= 4 is 28.4 Å². The summed E-state index contributed by atoms with van der Waals surface area (Å²) in [6, 6.07) is 28.6. The van der Waals surface area contributed by atoms with Gasteiger partial charge in [-0.15, -0.1) is 0 Å². The van der Waals surface area contributed by atoms with E-state index < -0.39 is 17.3 Å². The molecule has 5 heteroatoms. The first-order valence-corrected chi connectivity index (χ1v) is 14.3. The van der Waals surface area contributed by atoms with Gasteiger partial charge in [-0.2, -0.15) is 0 Å². The van der Waals surface area contributed by atoms with Gasteiger partial charge in [0.05, 0.1) is 23.0 Å². The number of para-hydroxylation sites is 3. The summed E-state index contributed by atoms with van der Waals surface area (Å²) in [5.74, 6) is -0.410. The van der Waals surface area contributed by atoms with Gasteiger partial charge in [0.2, 0.25) is 0 Å². The van der Waals surface area contributed by atoms with Crippen LogP contribution in [0.25, 0.3) is 16.5 Å². The number of allylic oxidation sites excluding steroid dienone is 4. The summed E-state index contributed by atoms with van der Waals surface area (Å²) in [6.45, 7) is 3.83. The van der Waals surface area contributed by atoms with Crippen LogP contribution in [-0.2, 0) is 15.0 Å². The molecule has 41 heavy (non-hydrogen) atoms. The number of aromatic nitrogens is 1. The second-order valence-corrected chi connectivity index (χ2v) is 11.2. The van der Waals surface area contributed by atoms with Crippen molar-refractivity contribution in [2.24, 2.45) is 11.8 Å². The third-order valence-electron chi connectivity index (χ3n) is 8.20. The van der Waals surface area contributed by atoms with E-state index in [9.17, 15) is 9.59 Å². The van der Waals surface area contributed by atoms with E-state index in [2.05, 4.69) is 24.3 Å². The highest BCUT2D eigenvalue weighted by molar-refractivity contribution is 5.94. The molecule has 5 nitrogen and oxygen atoms in total. The Kier molecular flexibility index (Phi) is 7.27. The van der Waals surface area contributed by atoms with Crippen LogP contribution in [0.5, 0.6) is 11.5 Å². The van der Waals surface area contributed by atoms with Gasteiger partial charge in [-0.25, -0.2) is 4.98 Å². The maximum atomic E-state index is 13.4. The van der Waals surface area contributed by atoms with Crippen molar-refractivity contribution in [2.45, 2.75) is 44.9 Å². The molecule has 2 unspecified atom stereocenters. The molecule has 2 atom stereocenters. The number of nitrogens with zero attached hydrogens (tertiary/aromatic N) is 1. The van der Waals surface area contributed by atoms with Crippen molar-refractivity contribution in [1.82, 2.24) is 4.98 Å². The molecule has 2 aliphatic rings. The Hall–Kier alpha value is -4.51. The highest BCUT2D eigenvalue weighted by Gasteiger charge is 2.50. The minimum Gasteiger partial charge on any atom is -0.426 e. The Labute approximate surface area is 240 Å². The molecule has 6 rings (SSSR count). The molecule has 0 bridgehead atoms. The SMILES string of the molecule is CC(CC1(CC(C)C(=O)Oc2ccccc2)C2=CCCC=C2c2nc3ccccc3cc21)C(=O)Oc1ccccc1. The standard InChI is InChI=1S/C36H33NO4/c1-24(34(38)40-27-14-5-3-6-15-27)22-36(23-25(2)35(39)41-28-16-7-4-8-17-28)30-19-11-10-18-29(30)33-31(36)21-26-13-9-12-20-32(26)37-33/h3-9,12-21,24-25H,10-11,22-23H2,1-2H3. The third-order valence-corrected chi connectivity index (χ3v) is 8.20. The molecule has 206 valence electrons. The van der Waals surface area contributed by atoms with Gasteiger partial charge in [0, 0.05) is 16.4 Å². The minimum atomic E-state index is -0.608. The maximum absolute atomic E-state index is 13.4. The van der Waals surface area contributed by atoms with Crippen LogP contribution < -0.4 is 9.47 Å². The number of pyridine rings is 1. The summed E-state index contributed by atoms with van der Waals surface area (Å²) in [4.78, 5) is 32.0. The van der Waals surface area contributed by atoms with Crippen LogP contribution in [0, 0.1) is 11.8 Å². The minimum absolute atomic E-state index is 0.292. The van der Waals surface area contributed by atoms with Crippen molar-refractivity contribution in [3.63, 3.8) is 0 Å². The van der Waals surface area contributed by atoms with Crippen molar-refractivity contribution in [1.29, 1.82) is 0 Å². The lowest BCUT2D eigenvalue weighted by molar-refractivity contribution is -0.139. The average Bonchev–Trinajstić information content (AvgIpc) is 3.25. The van der Waals surface area contributed by atoms with Gasteiger partial charge in [-0.1, -0.05) is 80.6 Å². The zero-order chi connectivity index (χ0) is 28.4. The van der Waals surface area contributed by atoms with Gasteiger partial charge < -0.3 is 9.47 Å². The van der Waals surface area contributed by atoms with Crippen LogP contribution in [-0.4, -0.2) is 16.9 Å². The van der Waals surface area contributed by atoms with Crippen LogP contribution in [0.15, 0.2) is 109 Å². The molecular weight excluding hydrogens is 510 g/mol. The molecule has 0 spiro atoms. The molecule has 2 aliphatic carbocycles. The van der Waals surface area contributed by atoms with Crippen LogP contribution >= 0.6 is 0 Å². The topological polar surface area (TPSA) is 65.5 Å². The monoisotopic (exact) mass is 543 g/mol. The fourth-order valence-corrected chi connectivity index (χ4v) is 6.33. The normalized spacial score (nSPS) is 18.9. The number of hydrogen-bond acceptors (Lipinski definition) is 5. The van der Waals surface area contributed by atoms with Gasteiger partial charge in [0.1, 0.15) is 11.5 Å². The Morgan fingerprint density at radius 2 is 1.29 bits per heavy atom. The zero-order valence-electron chi connectivity index (χ0n) is 23.4. The van der Waals surface area contributed by atoms with Gasteiger partial charge in [-0.3, -0.25) is 9.59 Å². The largest absolute Gasteiger partial charge is 0.426 e. The number of benzene rings is 3. The van der Waals surface area contributed by atoms with E-state index in [4.69, 9.17) is 14.5 Å². The Morgan fingerprint density at radius 1 is 0.756 bits per heavy atom. The van der Waals surface area contributed by atoms with E-state index in [-0.39, 0.29) is 11.9 Å². The van der Waals surface area contributed by atoms with E-state index in [1.165, 1.54) is 0 Å². The summed E-state index contributed by atoms with van der Waals surface area (Å²) in [7, 11) is 0. The molecule has 0 saturated heterocycles. The smallest absolute Gasteiger partial charge is 0.314 e. The average molecular weight is 544 g/mol. The number of rotatable bonds is 8. The summed E-state index contributed by atoms with van der Waals surface area (Å²) < 4.78 is 11.6. The number of esters is 2. The molecule has 0 aliphatic heterocycles. The van der Waals surface area contributed by atoms with Gasteiger partial charge in [0.25, 0.3) is 0 Å². The van der Waals surface area contributed by atoms with Gasteiger partial charge >= 0.3 is 11.9 Å². The van der Waals surface area contributed by atoms with E-state index in [0.29, 0.717) is 24.3 Å². The number of carbonyl (C=O) groups excluding carboxylic acids is 2. The first-order valence-electron chi connectivity index (χ1n) is 14.3.